The molecule has 1 N–H and O–H groups in total. The molecule has 3 rings (SSSR count). The van der Waals surface area contributed by atoms with Crippen LogP contribution >= 0.6 is 15.9 Å². The Hall–Kier alpha value is -2.34. The summed E-state index contributed by atoms with van der Waals surface area (Å²) in [6.07, 6.45) is 2.41. The summed E-state index contributed by atoms with van der Waals surface area (Å²) in [7, 11) is 1.58. The lowest BCUT2D eigenvalue weighted by Crippen LogP contribution is -2.35. The first-order chi connectivity index (χ1) is 12.1. The summed E-state index contributed by atoms with van der Waals surface area (Å²) in [6, 6.07) is 12.5. The van der Waals surface area contributed by atoms with Gasteiger partial charge in [-0.05, 0) is 49.2 Å². The highest BCUT2D eigenvalue weighted by atomic mass is 79.9. The second-order valence-electron chi connectivity index (χ2n) is 5.85. The molecule has 0 atom stereocenters. The highest BCUT2D eigenvalue weighted by molar-refractivity contribution is 9.10. The Balaban J connectivity index is 1.86. The number of rotatable bonds is 4. The van der Waals surface area contributed by atoms with E-state index in [1.165, 1.54) is 0 Å². The van der Waals surface area contributed by atoms with E-state index in [4.69, 9.17) is 4.74 Å². The molecular formula is C19H19BrN2O3. The highest BCUT2D eigenvalue weighted by Crippen LogP contribution is 2.33. The molecule has 6 heteroatoms. The van der Waals surface area contributed by atoms with Gasteiger partial charge in [-0.3, -0.25) is 9.59 Å². The Morgan fingerprint density at radius 2 is 2.04 bits per heavy atom. The molecule has 2 aromatic carbocycles. The monoisotopic (exact) mass is 402 g/mol. The molecule has 0 bridgehead atoms. The van der Waals surface area contributed by atoms with E-state index in [1.807, 2.05) is 12.1 Å². The third-order valence-corrected chi connectivity index (χ3v) is 4.63. The van der Waals surface area contributed by atoms with Crippen LogP contribution in [0.5, 0.6) is 5.75 Å². The molecule has 1 aliphatic rings. The number of nitrogens with zero attached hydrogens (tertiary/aromatic N) is 1. The number of ether oxygens (including phenoxy) is 1. The van der Waals surface area contributed by atoms with Crippen LogP contribution in [0, 0.1) is 0 Å². The molecule has 5 nitrogen and oxygen atoms in total. The molecule has 2 aromatic rings. The van der Waals surface area contributed by atoms with Crippen molar-refractivity contribution in [3.8, 4) is 5.75 Å². The van der Waals surface area contributed by atoms with Crippen molar-refractivity contribution in [2.75, 3.05) is 23.9 Å². The third kappa shape index (κ3) is 4.02. The standard InChI is InChI=1S/C19H19BrN2O3/c1-25-17-9-8-15(12-16(17)22-10-3-2-7-18(22)23)21-19(24)13-5-4-6-14(20)11-13/h4-6,8-9,11-12H,2-3,7,10H2,1H3,(H,21,24). The van der Waals surface area contributed by atoms with Crippen molar-refractivity contribution in [2.24, 2.45) is 0 Å². The molecule has 1 aliphatic heterocycles. The highest BCUT2D eigenvalue weighted by Gasteiger charge is 2.23. The Morgan fingerprint density at radius 3 is 2.76 bits per heavy atom. The Labute approximate surface area is 155 Å². The number of halogens is 1. The predicted molar refractivity (Wildman–Crippen MR) is 101 cm³/mol. The molecule has 25 heavy (non-hydrogen) atoms. The van der Waals surface area contributed by atoms with Gasteiger partial charge in [0.15, 0.2) is 0 Å². The topological polar surface area (TPSA) is 58.6 Å². The van der Waals surface area contributed by atoms with E-state index in [0.29, 0.717) is 35.7 Å². The largest absolute Gasteiger partial charge is 0.495 e. The molecule has 1 fully saturated rings. The van der Waals surface area contributed by atoms with Crippen molar-refractivity contribution in [3.05, 3.63) is 52.5 Å². The van der Waals surface area contributed by atoms with E-state index in [0.717, 1.165) is 17.3 Å². The van der Waals surface area contributed by atoms with Gasteiger partial charge in [0.05, 0.1) is 12.8 Å². The van der Waals surface area contributed by atoms with Crippen molar-refractivity contribution in [1.82, 2.24) is 0 Å². The van der Waals surface area contributed by atoms with Gasteiger partial charge in [0.25, 0.3) is 5.91 Å². The van der Waals surface area contributed by atoms with Gasteiger partial charge < -0.3 is 15.0 Å². The lowest BCUT2D eigenvalue weighted by Gasteiger charge is -2.28. The van der Waals surface area contributed by atoms with E-state index in [9.17, 15) is 9.59 Å². The van der Waals surface area contributed by atoms with E-state index < -0.39 is 0 Å². The van der Waals surface area contributed by atoms with E-state index in [2.05, 4.69) is 21.2 Å². The smallest absolute Gasteiger partial charge is 0.255 e. The SMILES string of the molecule is COc1ccc(NC(=O)c2cccc(Br)c2)cc1N1CCCCC1=O. The molecule has 1 heterocycles. The zero-order chi connectivity index (χ0) is 17.8. The van der Waals surface area contributed by atoms with Crippen LogP contribution in [0.3, 0.4) is 0 Å². The number of amides is 2. The van der Waals surface area contributed by atoms with Gasteiger partial charge in [0.1, 0.15) is 5.75 Å². The molecule has 1 saturated heterocycles. The third-order valence-electron chi connectivity index (χ3n) is 4.14. The Bertz CT molecular complexity index is 807. The number of methoxy groups -OCH3 is 1. The minimum absolute atomic E-state index is 0.0833. The molecule has 130 valence electrons. The zero-order valence-electron chi connectivity index (χ0n) is 13.9. The maximum Gasteiger partial charge on any atom is 0.255 e. The average Bonchev–Trinajstić information content (AvgIpc) is 2.62. The van der Waals surface area contributed by atoms with Gasteiger partial charge >= 0.3 is 0 Å². The van der Waals surface area contributed by atoms with Crippen LogP contribution in [0.25, 0.3) is 0 Å². The van der Waals surface area contributed by atoms with Gasteiger partial charge in [-0.15, -0.1) is 0 Å². The number of nitrogens with one attached hydrogen (secondary N) is 1. The van der Waals surface area contributed by atoms with Crippen LogP contribution in [-0.4, -0.2) is 25.5 Å². The summed E-state index contributed by atoms with van der Waals surface area (Å²) in [5, 5.41) is 2.88. The lowest BCUT2D eigenvalue weighted by atomic mass is 10.1. The van der Waals surface area contributed by atoms with Crippen molar-refractivity contribution in [3.63, 3.8) is 0 Å². The van der Waals surface area contributed by atoms with Crippen molar-refractivity contribution < 1.29 is 14.3 Å². The van der Waals surface area contributed by atoms with E-state index in [-0.39, 0.29) is 11.8 Å². The second-order valence-corrected chi connectivity index (χ2v) is 6.77. The quantitative estimate of drug-likeness (QED) is 0.832. The fraction of sp³-hybridized carbons (Fsp3) is 0.263. The number of piperidine rings is 1. The molecule has 0 unspecified atom stereocenters. The summed E-state index contributed by atoms with van der Waals surface area (Å²) in [6.45, 7) is 0.665. The van der Waals surface area contributed by atoms with Crippen LogP contribution in [-0.2, 0) is 4.79 Å². The van der Waals surface area contributed by atoms with Gasteiger partial charge in [-0.2, -0.15) is 0 Å². The van der Waals surface area contributed by atoms with Gasteiger partial charge in [-0.25, -0.2) is 0 Å². The molecule has 0 spiro atoms. The van der Waals surface area contributed by atoms with Crippen LogP contribution in [0.1, 0.15) is 29.6 Å². The predicted octanol–water partition coefficient (Wildman–Crippen LogP) is 4.23. The minimum atomic E-state index is -0.206. The summed E-state index contributed by atoms with van der Waals surface area (Å²) < 4.78 is 6.24. The zero-order valence-corrected chi connectivity index (χ0v) is 15.5. The number of anilines is 2. The molecule has 0 aliphatic carbocycles. The molecule has 2 amide bonds. The summed E-state index contributed by atoms with van der Waals surface area (Å²) in [4.78, 5) is 26.4. The number of carbonyl (C=O) groups excluding carboxylic acids is 2. The maximum atomic E-state index is 12.4. The Kier molecular flexibility index (Phi) is 5.38. The number of benzene rings is 2. The van der Waals surface area contributed by atoms with Crippen molar-refractivity contribution in [1.29, 1.82) is 0 Å². The maximum absolute atomic E-state index is 12.4. The summed E-state index contributed by atoms with van der Waals surface area (Å²) >= 11 is 3.36. The van der Waals surface area contributed by atoms with Gasteiger partial charge in [0, 0.05) is 28.7 Å². The first-order valence-electron chi connectivity index (χ1n) is 8.14. The van der Waals surface area contributed by atoms with Crippen LogP contribution in [0.2, 0.25) is 0 Å². The van der Waals surface area contributed by atoms with Crippen LogP contribution in [0.4, 0.5) is 11.4 Å². The molecule has 0 aromatic heterocycles. The van der Waals surface area contributed by atoms with Gasteiger partial charge in [-0.1, -0.05) is 22.0 Å². The molecule has 0 radical (unpaired) electrons. The minimum Gasteiger partial charge on any atom is -0.495 e. The first kappa shape index (κ1) is 17.5. The lowest BCUT2D eigenvalue weighted by molar-refractivity contribution is -0.119. The molecular weight excluding hydrogens is 384 g/mol. The van der Waals surface area contributed by atoms with E-state index in [1.54, 1.807) is 42.3 Å². The van der Waals surface area contributed by atoms with Crippen molar-refractivity contribution in [2.45, 2.75) is 19.3 Å². The Morgan fingerprint density at radius 1 is 1.20 bits per heavy atom. The fourth-order valence-electron chi connectivity index (χ4n) is 2.87. The van der Waals surface area contributed by atoms with Crippen LogP contribution in [0.15, 0.2) is 46.9 Å². The summed E-state index contributed by atoms with van der Waals surface area (Å²) in [5.74, 6) is 0.498. The average molecular weight is 403 g/mol. The first-order valence-corrected chi connectivity index (χ1v) is 8.93. The van der Waals surface area contributed by atoms with E-state index >= 15 is 0 Å². The normalized spacial score (nSPS) is 14.3. The van der Waals surface area contributed by atoms with Crippen molar-refractivity contribution >= 4 is 39.1 Å². The van der Waals surface area contributed by atoms with Crippen LogP contribution < -0.4 is 15.0 Å². The number of carbonyl (C=O) groups is 2. The summed E-state index contributed by atoms with van der Waals surface area (Å²) in [5.41, 5.74) is 1.87. The second kappa shape index (κ2) is 7.70. The van der Waals surface area contributed by atoms with Gasteiger partial charge in [0.2, 0.25) is 5.91 Å². The molecule has 0 saturated carbocycles. The number of hydrogen-bond donors (Lipinski definition) is 1. The number of hydrogen-bond acceptors (Lipinski definition) is 3. The fourth-order valence-corrected chi connectivity index (χ4v) is 3.27.